The Bertz CT molecular complexity index is 2800. The first-order chi connectivity index (χ1) is 28.2. The number of amidine groups is 2. The van der Waals surface area contributed by atoms with Gasteiger partial charge in [0, 0.05) is 11.1 Å². The molecule has 268 valence electrons. The summed E-state index contributed by atoms with van der Waals surface area (Å²) in [5, 5.41) is 13.3. The Balaban J connectivity index is 1.15. The van der Waals surface area contributed by atoms with Crippen molar-refractivity contribution in [2.45, 2.75) is 11.6 Å². The Labute approximate surface area is 332 Å². The van der Waals surface area contributed by atoms with Crippen molar-refractivity contribution in [2.75, 3.05) is 0 Å². The van der Waals surface area contributed by atoms with Crippen molar-refractivity contribution in [3.63, 3.8) is 0 Å². The highest BCUT2D eigenvalue weighted by Crippen LogP contribution is 2.58. The maximum atomic E-state index is 9.70. The van der Waals surface area contributed by atoms with E-state index in [1.807, 2.05) is 48.5 Å². The summed E-state index contributed by atoms with van der Waals surface area (Å²) in [5.74, 6) is 1.47. The lowest BCUT2D eigenvalue weighted by Gasteiger charge is -2.34. The number of benzene rings is 8. The predicted molar refractivity (Wildman–Crippen MR) is 231 cm³/mol. The molecule has 0 radical (unpaired) electrons. The van der Waals surface area contributed by atoms with Gasteiger partial charge in [-0.25, -0.2) is 9.98 Å². The van der Waals surface area contributed by atoms with E-state index in [1.54, 1.807) is 0 Å². The summed E-state index contributed by atoms with van der Waals surface area (Å²) in [6.07, 6.45) is -0.275. The second-order valence-corrected chi connectivity index (χ2v) is 14.5. The molecule has 10 rings (SSSR count). The molecular formula is C53H36N4. The second kappa shape index (κ2) is 14.2. The van der Waals surface area contributed by atoms with Gasteiger partial charge in [-0.3, -0.25) is 0 Å². The van der Waals surface area contributed by atoms with E-state index >= 15 is 0 Å². The fourth-order valence-corrected chi connectivity index (χ4v) is 8.62. The average Bonchev–Trinajstić information content (AvgIpc) is 3.60. The van der Waals surface area contributed by atoms with E-state index in [-0.39, 0.29) is 6.17 Å². The van der Waals surface area contributed by atoms with Crippen LogP contribution < -0.4 is 5.32 Å². The summed E-state index contributed by atoms with van der Waals surface area (Å²) < 4.78 is 0. The summed E-state index contributed by atoms with van der Waals surface area (Å²) in [7, 11) is 0. The van der Waals surface area contributed by atoms with Gasteiger partial charge >= 0.3 is 0 Å². The molecular weight excluding hydrogens is 693 g/mol. The molecule has 1 aliphatic carbocycles. The van der Waals surface area contributed by atoms with Crippen LogP contribution in [0.3, 0.4) is 0 Å². The average molecular weight is 729 g/mol. The molecule has 0 bridgehead atoms. The van der Waals surface area contributed by atoms with Gasteiger partial charge in [0.25, 0.3) is 0 Å². The van der Waals surface area contributed by atoms with Gasteiger partial charge in [0.15, 0.2) is 5.84 Å². The lowest BCUT2D eigenvalue weighted by atomic mass is 9.67. The third-order valence-corrected chi connectivity index (χ3v) is 11.3. The van der Waals surface area contributed by atoms with Crippen LogP contribution in [0.4, 0.5) is 0 Å². The maximum Gasteiger partial charge on any atom is 0.159 e. The van der Waals surface area contributed by atoms with Crippen LogP contribution >= 0.6 is 0 Å². The molecule has 8 aromatic carbocycles. The molecule has 0 aromatic heterocycles. The molecule has 0 saturated heterocycles. The van der Waals surface area contributed by atoms with E-state index in [0.29, 0.717) is 11.4 Å². The molecule has 1 atom stereocenters. The smallest absolute Gasteiger partial charge is 0.159 e. The Morgan fingerprint density at radius 3 is 1.61 bits per heavy atom. The van der Waals surface area contributed by atoms with Crippen LogP contribution in [0.1, 0.15) is 50.7 Å². The maximum absolute atomic E-state index is 9.70. The fourth-order valence-electron chi connectivity index (χ4n) is 8.62. The summed E-state index contributed by atoms with van der Waals surface area (Å²) in [5.41, 5.74) is 14.9. The normalized spacial score (nSPS) is 15.0. The standard InChI is InChI=1S/C53H36N4/c54-35-36-25-27-37(28-26-36)46-34-49-47(44-23-13-14-24-48(44)53(49,42-19-9-3-10-20-42)43-21-11-4-12-22-43)33-45(46)38-29-31-41(32-30-38)52-56-50(39-15-5-1-6-16-39)55-51(57-52)40-17-7-2-8-18-40/h1-34,50H,(H,55,56,57). The molecule has 0 saturated carbocycles. The van der Waals surface area contributed by atoms with E-state index in [1.165, 1.54) is 33.4 Å². The van der Waals surface area contributed by atoms with Crippen LogP contribution in [-0.4, -0.2) is 11.7 Å². The van der Waals surface area contributed by atoms with Crippen molar-refractivity contribution < 1.29 is 0 Å². The van der Waals surface area contributed by atoms with Crippen molar-refractivity contribution in [1.82, 2.24) is 5.32 Å². The molecule has 1 unspecified atom stereocenters. The molecule has 0 amide bonds. The molecule has 2 aliphatic rings. The minimum Gasteiger partial charge on any atom is -0.344 e. The van der Waals surface area contributed by atoms with Crippen LogP contribution in [0.15, 0.2) is 216 Å². The molecule has 1 aliphatic heterocycles. The lowest BCUT2D eigenvalue weighted by Crippen LogP contribution is -2.33. The molecule has 8 aromatic rings. The zero-order chi connectivity index (χ0) is 38.2. The summed E-state index contributed by atoms with van der Waals surface area (Å²) >= 11 is 0. The van der Waals surface area contributed by atoms with E-state index in [4.69, 9.17) is 9.98 Å². The fraction of sp³-hybridized carbons (Fsp3) is 0.0377. The first-order valence-corrected chi connectivity index (χ1v) is 19.2. The van der Waals surface area contributed by atoms with Crippen LogP contribution in [0.2, 0.25) is 0 Å². The molecule has 4 heteroatoms. The molecule has 0 fully saturated rings. The molecule has 57 heavy (non-hydrogen) atoms. The SMILES string of the molecule is N#Cc1ccc(-c2cc3c(cc2-c2ccc(C4=NC(c5ccccc5)=NC(c5ccccc5)N4)cc2)-c2ccccc2C3(c2ccccc2)c2ccccc2)cc1. The third kappa shape index (κ3) is 5.85. The minimum atomic E-state index is -0.531. The first-order valence-electron chi connectivity index (χ1n) is 19.2. The third-order valence-electron chi connectivity index (χ3n) is 11.3. The largest absolute Gasteiger partial charge is 0.344 e. The lowest BCUT2D eigenvalue weighted by molar-refractivity contribution is 0.674. The van der Waals surface area contributed by atoms with Crippen LogP contribution in [-0.2, 0) is 5.41 Å². The highest BCUT2D eigenvalue weighted by Gasteiger charge is 2.46. The highest BCUT2D eigenvalue weighted by atomic mass is 15.2. The van der Waals surface area contributed by atoms with Gasteiger partial charge in [-0.15, -0.1) is 0 Å². The van der Waals surface area contributed by atoms with Gasteiger partial charge in [0.1, 0.15) is 12.0 Å². The van der Waals surface area contributed by atoms with Crippen LogP contribution in [0.25, 0.3) is 33.4 Å². The number of fused-ring (bicyclic) bond motifs is 3. The van der Waals surface area contributed by atoms with Crippen LogP contribution in [0, 0.1) is 11.3 Å². The number of nitrogens with zero attached hydrogens (tertiary/aromatic N) is 3. The minimum absolute atomic E-state index is 0.275. The van der Waals surface area contributed by atoms with E-state index < -0.39 is 5.41 Å². The Hall–Kier alpha value is -7.61. The molecule has 1 N–H and O–H groups in total. The molecule has 4 nitrogen and oxygen atoms in total. The van der Waals surface area contributed by atoms with Gasteiger partial charge in [0.2, 0.25) is 0 Å². The zero-order valence-electron chi connectivity index (χ0n) is 31.0. The van der Waals surface area contributed by atoms with Crippen LogP contribution in [0.5, 0.6) is 0 Å². The molecule has 0 spiro atoms. The van der Waals surface area contributed by atoms with Gasteiger partial charge in [0.05, 0.1) is 17.0 Å². The van der Waals surface area contributed by atoms with Gasteiger partial charge in [-0.2, -0.15) is 5.26 Å². The van der Waals surface area contributed by atoms with Crippen molar-refractivity contribution in [2.24, 2.45) is 9.98 Å². The number of aliphatic imine (C=N–C) groups is 2. The van der Waals surface area contributed by atoms with Crippen molar-refractivity contribution >= 4 is 11.7 Å². The Kier molecular flexibility index (Phi) is 8.47. The number of nitrogens with one attached hydrogen (secondary N) is 1. The zero-order valence-corrected chi connectivity index (χ0v) is 31.0. The summed E-state index contributed by atoms with van der Waals surface area (Å²) in [6, 6.07) is 74.8. The number of rotatable bonds is 7. The number of nitriles is 1. The van der Waals surface area contributed by atoms with E-state index in [2.05, 4.69) is 169 Å². The van der Waals surface area contributed by atoms with Crippen molar-refractivity contribution in [3.05, 3.63) is 251 Å². The monoisotopic (exact) mass is 728 g/mol. The Morgan fingerprint density at radius 2 is 0.982 bits per heavy atom. The van der Waals surface area contributed by atoms with Gasteiger partial charge in [-0.05, 0) is 85.5 Å². The number of hydrogen-bond donors (Lipinski definition) is 1. The van der Waals surface area contributed by atoms with Crippen molar-refractivity contribution in [3.8, 4) is 39.4 Å². The topological polar surface area (TPSA) is 60.5 Å². The quantitative estimate of drug-likeness (QED) is 0.178. The van der Waals surface area contributed by atoms with Gasteiger partial charge < -0.3 is 5.32 Å². The van der Waals surface area contributed by atoms with E-state index in [0.717, 1.165) is 44.8 Å². The highest BCUT2D eigenvalue weighted by molar-refractivity contribution is 6.13. The summed E-state index contributed by atoms with van der Waals surface area (Å²) in [6.45, 7) is 0. The van der Waals surface area contributed by atoms with Crippen molar-refractivity contribution in [1.29, 1.82) is 5.26 Å². The first kappa shape index (κ1) is 33.9. The number of hydrogen-bond acceptors (Lipinski definition) is 4. The summed E-state index contributed by atoms with van der Waals surface area (Å²) in [4.78, 5) is 10.1. The van der Waals surface area contributed by atoms with E-state index in [9.17, 15) is 5.26 Å². The predicted octanol–water partition coefficient (Wildman–Crippen LogP) is 11.8. The Morgan fingerprint density at radius 1 is 0.456 bits per heavy atom. The van der Waals surface area contributed by atoms with Gasteiger partial charge in [-0.1, -0.05) is 182 Å². The second-order valence-electron chi connectivity index (χ2n) is 14.5. The molecule has 1 heterocycles.